The molecular formula is C55H107NO8. The Kier molecular flexibility index (Phi) is 43.5. The molecule has 7 unspecified atom stereocenters. The smallest absolute Gasteiger partial charge is 0.220 e. The summed E-state index contributed by atoms with van der Waals surface area (Å²) in [6, 6.07) is -0.714. The second-order valence-electron chi connectivity index (χ2n) is 19.7. The van der Waals surface area contributed by atoms with Crippen LogP contribution in [0, 0.1) is 0 Å². The molecule has 7 atom stereocenters. The van der Waals surface area contributed by atoms with Gasteiger partial charge in [-0.2, -0.15) is 0 Å². The number of aliphatic hydroxyl groups is 5. The highest BCUT2D eigenvalue weighted by molar-refractivity contribution is 5.76. The number of aliphatic hydroxyl groups excluding tert-OH is 5. The molecule has 9 heteroatoms. The van der Waals surface area contributed by atoms with Crippen molar-refractivity contribution in [3.63, 3.8) is 0 Å². The van der Waals surface area contributed by atoms with Crippen LogP contribution < -0.4 is 5.32 Å². The largest absolute Gasteiger partial charge is 0.394 e. The Balaban J connectivity index is 2.13. The zero-order valence-corrected chi connectivity index (χ0v) is 42.1. The molecule has 0 saturated carbocycles. The molecule has 1 saturated heterocycles. The fourth-order valence-corrected chi connectivity index (χ4v) is 9.16. The van der Waals surface area contributed by atoms with Gasteiger partial charge in [0.05, 0.1) is 25.4 Å². The normalized spacial score (nSPS) is 20.0. The molecule has 6 N–H and O–H groups in total. The number of rotatable bonds is 48. The zero-order chi connectivity index (χ0) is 46.6. The summed E-state index contributed by atoms with van der Waals surface area (Å²) in [5.41, 5.74) is 0. The minimum atomic E-state index is -1.55. The summed E-state index contributed by atoms with van der Waals surface area (Å²) >= 11 is 0. The summed E-state index contributed by atoms with van der Waals surface area (Å²) in [5, 5.41) is 54.5. The Morgan fingerprint density at radius 2 is 0.875 bits per heavy atom. The van der Waals surface area contributed by atoms with Crippen LogP contribution in [0.25, 0.3) is 0 Å². The van der Waals surface area contributed by atoms with Gasteiger partial charge in [-0.1, -0.05) is 244 Å². The first-order valence-corrected chi connectivity index (χ1v) is 27.9. The van der Waals surface area contributed by atoms with Crippen molar-refractivity contribution >= 4 is 5.91 Å². The first-order chi connectivity index (χ1) is 31.3. The van der Waals surface area contributed by atoms with Crippen LogP contribution in [0.15, 0.2) is 12.2 Å². The van der Waals surface area contributed by atoms with Crippen molar-refractivity contribution in [1.29, 1.82) is 0 Å². The predicted molar refractivity (Wildman–Crippen MR) is 267 cm³/mol. The molecule has 1 heterocycles. The molecule has 0 radical (unpaired) electrons. The number of hydrogen-bond donors (Lipinski definition) is 6. The van der Waals surface area contributed by atoms with E-state index < -0.39 is 49.5 Å². The first kappa shape index (κ1) is 60.9. The van der Waals surface area contributed by atoms with E-state index in [0.717, 1.165) is 38.5 Å². The Labute approximate surface area is 395 Å². The molecule has 0 aromatic heterocycles. The van der Waals surface area contributed by atoms with Gasteiger partial charge in [-0.15, -0.1) is 0 Å². The number of carbonyl (C=O) groups excluding carboxylic acids is 1. The molecular weight excluding hydrogens is 803 g/mol. The first-order valence-electron chi connectivity index (χ1n) is 27.9. The molecule has 0 aromatic rings. The Morgan fingerprint density at radius 1 is 0.516 bits per heavy atom. The summed E-state index contributed by atoms with van der Waals surface area (Å²) in [5.74, 6) is -0.141. The van der Waals surface area contributed by atoms with Gasteiger partial charge in [0.2, 0.25) is 5.91 Å². The second kappa shape index (κ2) is 45.7. The minimum absolute atomic E-state index is 0.134. The lowest BCUT2D eigenvalue weighted by Crippen LogP contribution is -2.60. The van der Waals surface area contributed by atoms with E-state index in [4.69, 9.17) is 9.47 Å². The molecule has 1 aliphatic heterocycles. The van der Waals surface area contributed by atoms with Gasteiger partial charge in [0.25, 0.3) is 0 Å². The average molecular weight is 910 g/mol. The van der Waals surface area contributed by atoms with Gasteiger partial charge in [0, 0.05) is 6.42 Å². The van der Waals surface area contributed by atoms with Crippen LogP contribution in [0.1, 0.15) is 277 Å². The molecule has 0 aliphatic carbocycles. The van der Waals surface area contributed by atoms with Gasteiger partial charge in [-0.3, -0.25) is 4.79 Å². The summed E-state index contributed by atoms with van der Waals surface area (Å²) in [6.45, 7) is 3.85. The highest BCUT2D eigenvalue weighted by Crippen LogP contribution is 2.23. The van der Waals surface area contributed by atoms with E-state index >= 15 is 0 Å². The highest BCUT2D eigenvalue weighted by Gasteiger charge is 2.44. The topological polar surface area (TPSA) is 149 Å². The third kappa shape index (κ3) is 35.1. The van der Waals surface area contributed by atoms with Crippen molar-refractivity contribution in [2.75, 3.05) is 13.2 Å². The highest BCUT2D eigenvalue weighted by atomic mass is 16.7. The summed E-state index contributed by atoms with van der Waals surface area (Å²) in [6.07, 6.45) is 48.2. The van der Waals surface area contributed by atoms with Gasteiger partial charge in [0.1, 0.15) is 24.4 Å². The molecule has 1 fully saturated rings. The fourth-order valence-electron chi connectivity index (χ4n) is 9.16. The second-order valence-corrected chi connectivity index (χ2v) is 19.7. The lowest BCUT2D eigenvalue weighted by atomic mass is 9.99. The van der Waals surface area contributed by atoms with Crippen LogP contribution in [0.3, 0.4) is 0 Å². The lowest BCUT2D eigenvalue weighted by molar-refractivity contribution is -0.302. The molecule has 0 aromatic carbocycles. The van der Waals surface area contributed by atoms with Crippen LogP contribution in [-0.2, 0) is 14.3 Å². The van der Waals surface area contributed by atoms with Gasteiger partial charge in [-0.05, 0) is 38.5 Å². The lowest BCUT2D eigenvalue weighted by Gasteiger charge is -2.40. The Morgan fingerprint density at radius 3 is 1.27 bits per heavy atom. The molecule has 1 aliphatic rings. The molecule has 380 valence electrons. The summed E-state index contributed by atoms with van der Waals surface area (Å²) in [4.78, 5) is 13.0. The minimum Gasteiger partial charge on any atom is -0.394 e. The van der Waals surface area contributed by atoms with Crippen molar-refractivity contribution in [2.45, 2.75) is 320 Å². The van der Waals surface area contributed by atoms with E-state index in [-0.39, 0.29) is 12.5 Å². The van der Waals surface area contributed by atoms with Crippen LogP contribution >= 0.6 is 0 Å². The number of allylic oxidation sites excluding steroid dienone is 2. The van der Waals surface area contributed by atoms with Crippen molar-refractivity contribution in [3.8, 4) is 0 Å². The predicted octanol–water partition coefficient (Wildman–Crippen LogP) is 13.2. The maximum Gasteiger partial charge on any atom is 0.220 e. The number of amides is 1. The third-order valence-electron chi connectivity index (χ3n) is 13.6. The Bertz CT molecular complexity index is 1010. The van der Waals surface area contributed by atoms with E-state index in [1.54, 1.807) is 0 Å². The maximum atomic E-state index is 13.0. The van der Waals surface area contributed by atoms with E-state index in [9.17, 15) is 30.3 Å². The zero-order valence-electron chi connectivity index (χ0n) is 42.1. The van der Waals surface area contributed by atoms with Gasteiger partial charge in [-0.25, -0.2) is 0 Å². The van der Waals surface area contributed by atoms with Crippen LogP contribution in [-0.4, -0.2) is 87.5 Å². The van der Waals surface area contributed by atoms with E-state index in [1.165, 1.54) is 212 Å². The number of ether oxygens (including phenoxy) is 2. The van der Waals surface area contributed by atoms with Gasteiger partial charge < -0.3 is 40.3 Å². The molecule has 0 spiro atoms. The average Bonchev–Trinajstić information content (AvgIpc) is 3.29. The summed E-state index contributed by atoms with van der Waals surface area (Å²) in [7, 11) is 0. The SMILES string of the molecule is CCCCCCCCCCCCCC/C=C\CCCCCCCCCCCCCCCC(=O)NC(COC1OC(CO)C(O)C(O)C1O)C(O)CCCCCCCCCCCCCC. The van der Waals surface area contributed by atoms with Crippen LogP contribution in [0.2, 0.25) is 0 Å². The maximum absolute atomic E-state index is 13.0. The number of hydrogen-bond acceptors (Lipinski definition) is 8. The van der Waals surface area contributed by atoms with Crippen molar-refractivity contribution in [2.24, 2.45) is 0 Å². The fraction of sp³-hybridized carbons (Fsp3) is 0.945. The Hall–Kier alpha value is -1.07. The molecule has 1 rings (SSSR count). The van der Waals surface area contributed by atoms with E-state index in [2.05, 4.69) is 31.3 Å². The third-order valence-corrected chi connectivity index (χ3v) is 13.6. The van der Waals surface area contributed by atoms with Crippen molar-refractivity contribution < 1.29 is 39.8 Å². The van der Waals surface area contributed by atoms with Crippen LogP contribution in [0.4, 0.5) is 0 Å². The monoisotopic (exact) mass is 910 g/mol. The molecule has 64 heavy (non-hydrogen) atoms. The van der Waals surface area contributed by atoms with Gasteiger partial charge in [0.15, 0.2) is 6.29 Å². The number of carbonyl (C=O) groups is 1. The molecule has 1 amide bonds. The number of unbranched alkanes of at least 4 members (excludes halogenated alkanes) is 36. The van der Waals surface area contributed by atoms with Crippen LogP contribution in [0.5, 0.6) is 0 Å². The quantitative estimate of drug-likeness (QED) is 0.0261. The van der Waals surface area contributed by atoms with E-state index in [1.807, 2.05) is 0 Å². The standard InChI is InChI=1S/C55H107NO8/c1-3-5-7-9-11-13-15-17-18-19-20-21-22-23-24-25-26-27-28-29-30-31-32-33-35-37-39-41-43-45-51(59)56-48(47-63-55-54(62)53(61)52(60)50(46-57)64-55)49(58)44-42-40-38-36-34-16-14-12-10-8-6-4-2/h23-24,48-50,52-55,57-58,60-62H,3-22,25-47H2,1-2H3,(H,56,59)/b24-23-. The van der Waals surface area contributed by atoms with Crippen molar-refractivity contribution in [3.05, 3.63) is 12.2 Å². The molecule has 0 bridgehead atoms. The van der Waals surface area contributed by atoms with E-state index in [0.29, 0.717) is 12.8 Å². The number of nitrogens with one attached hydrogen (secondary N) is 1. The van der Waals surface area contributed by atoms with Crippen molar-refractivity contribution in [1.82, 2.24) is 5.32 Å². The molecule has 9 nitrogen and oxygen atoms in total. The van der Waals surface area contributed by atoms with Gasteiger partial charge >= 0.3 is 0 Å². The summed E-state index contributed by atoms with van der Waals surface area (Å²) < 4.78 is 11.3.